The standard InChI is InChI=1S/C21H24FN5O3/c1-3-25-9-11-26(12-10-25)20-8-7-16(14-19(20)22)15(2)23-24-21(28)17-5-4-6-18(13-17)27(29)30/h4-8,13-14H,3,9-12H2,1-2H3,(H,24,28)/p+1/b23-15-. The normalized spacial score (nSPS) is 15.2. The summed E-state index contributed by atoms with van der Waals surface area (Å²) >= 11 is 0. The maximum absolute atomic E-state index is 14.7. The van der Waals surface area contributed by atoms with Crippen LogP contribution in [0, 0.1) is 15.9 Å². The lowest BCUT2D eigenvalue weighted by molar-refractivity contribution is -0.898. The first-order valence-corrected chi connectivity index (χ1v) is 9.86. The Morgan fingerprint density at radius 2 is 1.97 bits per heavy atom. The summed E-state index contributed by atoms with van der Waals surface area (Å²) in [6.07, 6.45) is 0. The second kappa shape index (κ2) is 9.45. The number of nitrogens with one attached hydrogen (secondary N) is 2. The van der Waals surface area contributed by atoms with E-state index in [0.717, 1.165) is 32.7 Å². The van der Waals surface area contributed by atoms with Gasteiger partial charge in [-0.2, -0.15) is 5.10 Å². The fourth-order valence-electron chi connectivity index (χ4n) is 3.43. The molecule has 2 aromatic carbocycles. The van der Waals surface area contributed by atoms with Gasteiger partial charge in [0.2, 0.25) is 0 Å². The second-order valence-electron chi connectivity index (χ2n) is 7.20. The molecule has 2 aromatic rings. The number of amides is 1. The predicted octanol–water partition coefficient (Wildman–Crippen LogP) is 1.61. The van der Waals surface area contributed by atoms with Crippen molar-refractivity contribution < 1.29 is 19.0 Å². The first kappa shape index (κ1) is 21.4. The van der Waals surface area contributed by atoms with Crippen LogP contribution in [0.5, 0.6) is 0 Å². The zero-order valence-corrected chi connectivity index (χ0v) is 17.0. The molecule has 30 heavy (non-hydrogen) atoms. The Morgan fingerprint density at radius 3 is 2.60 bits per heavy atom. The van der Waals surface area contributed by atoms with Crippen LogP contribution >= 0.6 is 0 Å². The van der Waals surface area contributed by atoms with Gasteiger partial charge in [0, 0.05) is 23.3 Å². The number of carbonyl (C=O) groups excluding carboxylic acids is 1. The molecule has 0 aromatic heterocycles. The number of anilines is 1. The lowest BCUT2D eigenvalue weighted by Gasteiger charge is -2.33. The molecule has 1 fully saturated rings. The number of likely N-dealkylation sites (N-methyl/N-ethyl adjacent to an activating group) is 1. The molecule has 0 atom stereocenters. The largest absolute Gasteiger partial charge is 0.358 e. The van der Waals surface area contributed by atoms with Gasteiger partial charge in [-0.05, 0) is 32.0 Å². The minimum absolute atomic E-state index is 0.121. The van der Waals surface area contributed by atoms with Crippen LogP contribution in [0.1, 0.15) is 29.8 Å². The van der Waals surface area contributed by atoms with Gasteiger partial charge in [0.05, 0.1) is 49.0 Å². The van der Waals surface area contributed by atoms with Crippen LogP contribution in [0.15, 0.2) is 47.6 Å². The molecule has 0 aliphatic carbocycles. The van der Waals surface area contributed by atoms with Gasteiger partial charge in [-0.15, -0.1) is 0 Å². The highest BCUT2D eigenvalue weighted by Gasteiger charge is 2.21. The van der Waals surface area contributed by atoms with Crippen molar-refractivity contribution in [1.29, 1.82) is 0 Å². The van der Waals surface area contributed by atoms with Gasteiger partial charge in [-0.25, -0.2) is 9.82 Å². The number of piperazine rings is 1. The van der Waals surface area contributed by atoms with E-state index in [2.05, 4.69) is 22.4 Å². The van der Waals surface area contributed by atoms with Gasteiger partial charge in [0.1, 0.15) is 5.82 Å². The molecule has 1 heterocycles. The van der Waals surface area contributed by atoms with E-state index in [4.69, 9.17) is 0 Å². The van der Waals surface area contributed by atoms with Crippen LogP contribution in [-0.4, -0.2) is 49.3 Å². The molecule has 9 heteroatoms. The smallest absolute Gasteiger partial charge is 0.271 e. The monoisotopic (exact) mass is 414 g/mol. The molecule has 0 radical (unpaired) electrons. The lowest BCUT2D eigenvalue weighted by atomic mass is 10.1. The van der Waals surface area contributed by atoms with E-state index in [1.807, 2.05) is 0 Å². The highest BCUT2D eigenvalue weighted by molar-refractivity contribution is 6.01. The number of hydrogen-bond acceptors (Lipinski definition) is 5. The number of non-ortho nitro benzene ring substituents is 1. The molecular weight excluding hydrogens is 389 g/mol. The summed E-state index contributed by atoms with van der Waals surface area (Å²) in [5.41, 5.74) is 3.86. The van der Waals surface area contributed by atoms with Gasteiger partial charge in [0.25, 0.3) is 11.6 Å². The zero-order chi connectivity index (χ0) is 21.7. The summed E-state index contributed by atoms with van der Waals surface area (Å²) in [6.45, 7) is 8.49. The number of benzene rings is 2. The topological polar surface area (TPSA) is 92.3 Å². The van der Waals surface area contributed by atoms with Crippen molar-refractivity contribution in [2.24, 2.45) is 5.10 Å². The highest BCUT2D eigenvalue weighted by Crippen LogP contribution is 2.21. The van der Waals surface area contributed by atoms with Crippen molar-refractivity contribution in [1.82, 2.24) is 5.43 Å². The SMILES string of the molecule is CC[NH+]1CCN(c2ccc(/C(C)=N\NC(=O)c3cccc([N+](=O)[O-])c3)cc2F)CC1. The number of carbonyl (C=O) groups is 1. The molecule has 1 aliphatic heterocycles. The third-order valence-electron chi connectivity index (χ3n) is 5.32. The second-order valence-corrected chi connectivity index (χ2v) is 7.20. The molecule has 0 spiro atoms. The number of nitro groups is 1. The van der Waals surface area contributed by atoms with E-state index >= 15 is 0 Å². The summed E-state index contributed by atoms with van der Waals surface area (Å²) in [4.78, 5) is 26.0. The molecule has 2 N–H and O–H groups in total. The van der Waals surface area contributed by atoms with Crippen LogP contribution in [0.4, 0.5) is 15.8 Å². The first-order chi connectivity index (χ1) is 14.4. The average molecular weight is 414 g/mol. The zero-order valence-electron chi connectivity index (χ0n) is 17.0. The third kappa shape index (κ3) is 4.98. The van der Waals surface area contributed by atoms with Crippen LogP contribution in [-0.2, 0) is 0 Å². The third-order valence-corrected chi connectivity index (χ3v) is 5.32. The van der Waals surface area contributed by atoms with Crippen molar-refractivity contribution in [2.45, 2.75) is 13.8 Å². The van der Waals surface area contributed by atoms with Gasteiger partial charge >= 0.3 is 0 Å². The molecule has 0 unspecified atom stereocenters. The van der Waals surface area contributed by atoms with Crippen molar-refractivity contribution in [3.63, 3.8) is 0 Å². The van der Waals surface area contributed by atoms with Crippen molar-refractivity contribution in [2.75, 3.05) is 37.6 Å². The predicted molar refractivity (Wildman–Crippen MR) is 113 cm³/mol. The van der Waals surface area contributed by atoms with E-state index in [1.54, 1.807) is 19.1 Å². The number of halogens is 1. The number of rotatable bonds is 6. The molecule has 158 valence electrons. The maximum atomic E-state index is 14.7. The number of hydrazone groups is 1. The van der Waals surface area contributed by atoms with Crippen molar-refractivity contribution in [3.8, 4) is 0 Å². The number of quaternary nitrogens is 1. The van der Waals surface area contributed by atoms with Gasteiger partial charge in [0.15, 0.2) is 0 Å². The molecule has 0 bridgehead atoms. The fraction of sp³-hybridized carbons (Fsp3) is 0.333. The number of hydrogen-bond donors (Lipinski definition) is 2. The molecule has 0 saturated carbocycles. The Morgan fingerprint density at radius 1 is 1.23 bits per heavy atom. The molecule has 3 rings (SSSR count). The lowest BCUT2D eigenvalue weighted by Crippen LogP contribution is -3.14. The van der Waals surface area contributed by atoms with Crippen molar-refractivity contribution in [3.05, 3.63) is 69.5 Å². The maximum Gasteiger partial charge on any atom is 0.271 e. The van der Waals surface area contributed by atoms with Crippen LogP contribution in [0.3, 0.4) is 0 Å². The van der Waals surface area contributed by atoms with E-state index < -0.39 is 10.8 Å². The molecule has 1 amide bonds. The van der Waals surface area contributed by atoms with Gasteiger partial charge in [-0.1, -0.05) is 12.1 Å². The minimum Gasteiger partial charge on any atom is -0.358 e. The average Bonchev–Trinajstić information content (AvgIpc) is 2.77. The van der Waals surface area contributed by atoms with Gasteiger partial charge < -0.3 is 9.80 Å². The quantitative estimate of drug-likeness (QED) is 0.427. The highest BCUT2D eigenvalue weighted by atomic mass is 19.1. The van der Waals surface area contributed by atoms with E-state index in [9.17, 15) is 19.3 Å². The van der Waals surface area contributed by atoms with E-state index in [1.165, 1.54) is 35.2 Å². The Bertz CT molecular complexity index is 971. The summed E-state index contributed by atoms with van der Waals surface area (Å²) in [6, 6.07) is 10.3. The van der Waals surface area contributed by atoms with Gasteiger partial charge in [-0.3, -0.25) is 14.9 Å². The molecule has 1 saturated heterocycles. The minimum atomic E-state index is -0.577. The van der Waals surface area contributed by atoms with E-state index in [0.29, 0.717) is 17.0 Å². The molecule has 1 aliphatic rings. The van der Waals surface area contributed by atoms with Crippen molar-refractivity contribution >= 4 is 23.0 Å². The number of nitrogens with zero attached hydrogens (tertiary/aromatic N) is 3. The first-order valence-electron chi connectivity index (χ1n) is 9.86. The summed E-state index contributed by atoms with van der Waals surface area (Å²) in [5, 5.41) is 14.9. The van der Waals surface area contributed by atoms with Crippen LogP contribution in [0.2, 0.25) is 0 Å². The van der Waals surface area contributed by atoms with E-state index in [-0.39, 0.29) is 17.1 Å². The van der Waals surface area contributed by atoms with Crippen LogP contribution in [0.25, 0.3) is 0 Å². The summed E-state index contributed by atoms with van der Waals surface area (Å²) < 4.78 is 14.7. The molecule has 8 nitrogen and oxygen atoms in total. The number of nitro benzene ring substituents is 1. The Kier molecular flexibility index (Phi) is 6.73. The fourth-order valence-corrected chi connectivity index (χ4v) is 3.43. The Balaban J connectivity index is 1.68. The van der Waals surface area contributed by atoms with Crippen LogP contribution < -0.4 is 15.2 Å². The Labute approximate surface area is 174 Å². The summed E-state index contributed by atoms with van der Waals surface area (Å²) in [5.74, 6) is -0.904. The molecular formula is C21H25FN5O3+. The Hall–Kier alpha value is -3.33. The summed E-state index contributed by atoms with van der Waals surface area (Å²) in [7, 11) is 0.